The molecule has 0 radical (unpaired) electrons. The molecule has 0 aliphatic carbocycles. The van der Waals surface area contributed by atoms with E-state index in [1.165, 1.54) is 0 Å². The van der Waals surface area contributed by atoms with Gasteiger partial charge in [0.15, 0.2) is 11.4 Å². The van der Waals surface area contributed by atoms with E-state index in [1.807, 2.05) is 0 Å². The van der Waals surface area contributed by atoms with Crippen molar-refractivity contribution < 1.29 is 9.84 Å². The van der Waals surface area contributed by atoms with Gasteiger partial charge in [0.05, 0.1) is 7.11 Å². The number of H-pyrrole nitrogens is 2. The summed E-state index contributed by atoms with van der Waals surface area (Å²) in [5.41, 5.74) is 0.721. The molecule has 0 amide bonds. The molecule has 1 aromatic heterocycles. The fourth-order valence-electron chi connectivity index (χ4n) is 1.39. The van der Waals surface area contributed by atoms with Crippen molar-refractivity contribution in [1.82, 2.24) is 10.1 Å². The molecule has 0 aliphatic rings. The van der Waals surface area contributed by atoms with Gasteiger partial charge in [-0.15, -0.1) is 5.10 Å². The van der Waals surface area contributed by atoms with E-state index in [0.717, 1.165) is 0 Å². The molecule has 0 spiro atoms. The van der Waals surface area contributed by atoms with Crippen molar-refractivity contribution in [3.63, 3.8) is 0 Å². The molecule has 0 saturated carbocycles. The molecule has 2 rings (SSSR count). The van der Waals surface area contributed by atoms with Crippen molar-refractivity contribution in [2.24, 2.45) is 0 Å². The molecule has 3 N–H and O–H groups in total. The minimum atomic E-state index is -0.266. The van der Waals surface area contributed by atoms with Gasteiger partial charge in [-0.1, -0.05) is 11.6 Å². The topological polar surface area (TPSA) is 81.1 Å². The number of ether oxygens (including phenoxy) is 1. The van der Waals surface area contributed by atoms with Gasteiger partial charge in [-0.2, -0.15) is 5.10 Å². The highest BCUT2D eigenvalue weighted by atomic mass is 35.5. The van der Waals surface area contributed by atoms with Gasteiger partial charge in [0.2, 0.25) is 0 Å². The predicted molar refractivity (Wildman–Crippen MR) is 67.4 cm³/mol. The Kier molecular flexibility index (Phi) is 3.47. The first-order chi connectivity index (χ1) is 8.60. The van der Waals surface area contributed by atoms with Crippen LogP contribution in [0.4, 0.5) is 11.6 Å². The lowest BCUT2D eigenvalue weighted by molar-refractivity contribution is -0.444. The Hall–Kier alpha value is -2.08. The number of rotatable bonds is 3. The second-order valence-corrected chi connectivity index (χ2v) is 4.04. The van der Waals surface area contributed by atoms with E-state index in [4.69, 9.17) is 16.3 Å². The summed E-state index contributed by atoms with van der Waals surface area (Å²) in [7, 11) is 1.55. The van der Waals surface area contributed by atoms with Crippen molar-refractivity contribution in [3.8, 4) is 5.75 Å². The maximum absolute atomic E-state index is 11.4. The number of halogens is 1. The molecule has 18 heavy (non-hydrogen) atoms. The Bertz CT molecular complexity index is 627. The van der Waals surface area contributed by atoms with Crippen LogP contribution in [0.15, 0.2) is 23.0 Å². The van der Waals surface area contributed by atoms with Crippen molar-refractivity contribution >= 4 is 23.2 Å². The second kappa shape index (κ2) is 5.05. The zero-order valence-corrected chi connectivity index (χ0v) is 10.6. The third-order valence-corrected chi connectivity index (χ3v) is 2.56. The molecule has 0 aliphatic heterocycles. The first-order valence-corrected chi connectivity index (χ1v) is 5.57. The molecular weight excluding hydrogens is 256 g/mol. The number of anilines is 2. The van der Waals surface area contributed by atoms with Crippen LogP contribution in [0.2, 0.25) is 5.02 Å². The summed E-state index contributed by atoms with van der Waals surface area (Å²) >= 11 is 5.90. The van der Waals surface area contributed by atoms with Crippen LogP contribution in [0.5, 0.6) is 5.75 Å². The lowest BCUT2D eigenvalue weighted by Crippen LogP contribution is -2.26. The third kappa shape index (κ3) is 2.60. The number of aromatic nitrogens is 3. The molecule has 94 valence electrons. The van der Waals surface area contributed by atoms with Gasteiger partial charge in [-0.25, -0.2) is 15.1 Å². The highest BCUT2D eigenvalue weighted by Crippen LogP contribution is 2.28. The Balaban J connectivity index is 2.36. The fourth-order valence-corrected chi connectivity index (χ4v) is 1.57. The van der Waals surface area contributed by atoms with Crippen LogP contribution < -0.4 is 20.7 Å². The summed E-state index contributed by atoms with van der Waals surface area (Å²) in [6.45, 7) is 1.61. The van der Waals surface area contributed by atoms with Crippen LogP contribution >= 0.6 is 11.6 Å². The minimum absolute atomic E-state index is 0.266. The molecule has 0 unspecified atom stereocenters. The Morgan fingerprint density at radius 1 is 1.50 bits per heavy atom. The van der Waals surface area contributed by atoms with E-state index in [9.17, 15) is 4.79 Å². The van der Waals surface area contributed by atoms with Crippen LogP contribution in [0.1, 0.15) is 5.69 Å². The van der Waals surface area contributed by atoms with E-state index in [2.05, 4.69) is 20.5 Å². The lowest BCUT2D eigenvalue weighted by atomic mass is 10.3. The Morgan fingerprint density at radius 3 is 2.94 bits per heavy atom. The highest BCUT2D eigenvalue weighted by Gasteiger charge is 2.11. The zero-order valence-electron chi connectivity index (χ0n) is 9.87. The van der Waals surface area contributed by atoms with Gasteiger partial charge in [-0.05, 0) is 25.1 Å². The monoisotopic (exact) mass is 267 g/mol. The first-order valence-electron chi connectivity index (χ1n) is 5.19. The first kappa shape index (κ1) is 12.4. The number of nitrogens with zero attached hydrogens (tertiary/aromatic N) is 1. The smallest absolute Gasteiger partial charge is 0.379 e. The minimum Gasteiger partial charge on any atom is -0.493 e. The third-order valence-electron chi connectivity index (χ3n) is 2.32. The number of methoxy groups -OCH3 is 1. The molecule has 0 atom stereocenters. The second-order valence-electron chi connectivity index (χ2n) is 3.61. The molecule has 7 heteroatoms. The maximum atomic E-state index is 11.4. The fraction of sp³-hybridized carbons (Fsp3) is 0.182. The quantitative estimate of drug-likeness (QED) is 0.878. The number of hydrogen-bond acceptors (Lipinski definition) is 4. The molecule has 1 aromatic carbocycles. The van der Waals surface area contributed by atoms with Gasteiger partial charge in [0.1, 0.15) is 5.69 Å². The summed E-state index contributed by atoms with van der Waals surface area (Å²) in [6.07, 6.45) is 0. The van der Waals surface area contributed by atoms with Crippen LogP contribution in [0, 0.1) is 6.92 Å². The van der Waals surface area contributed by atoms with Crippen LogP contribution in [0.25, 0.3) is 0 Å². The summed E-state index contributed by atoms with van der Waals surface area (Å²) in [5, 5.41) is 10.0. The zero-order chi connectivity index (χ0) is 13.1. The summed E-state index contributed by atoms with van der Waals surface area (Å²) in [6, 6.07) is 5.13. The van der Waals surface area contributed by atoms with Gasteiger partial charge in [0.25, 0.3) is 0 Å². The van der Waals surface area contributed by atoms with Crippen molar-refractivity contribution in [2.75, 3.05) is 12.4 Å². The molecular formula is C11H12ClN4O2+. The van der Waals surface area contributed by atoms with Crippen molar-refractivity contribution in [1.29, 1.82) is 0 Å². The summed E-state index contributed by atoms with van der Waals surface area (Å²) in [4.78, 5) is 14.0. The number of benzene rings is 1. The molecule has 0 saturated heterocycles. The number of hydrogen-bond donors (Lipinski definition) is 2. The van der Waals surface area contributed by atoms with Gasteiger partial charge >= 0.3 is 11.5 Å². The molecule has 0 bridgehead atoms. The maximum Gasteiger partial charge on any atom is 0.379 e. The average molecular weight is 268 g/mol. The number of aromatic amines is 2. The summed E-state index contributed by atoms with van der Waals surface area (Å²) < 4.78 is 5.18. The number of aryl methyl sites for hydroxylation is 1. The normalized spacial score (nSPS) is 10.2. The molecule has 6 nitrogen and oxygen atoms in total. The van der Waals surface area contributed by atoms with E-state index < -0.39 is 0 Å². The van der Waals surface area contributed by atoms with Gasteiger partial charge in [0, 0.05) is 5.02 Å². The molecule has 1 heterocycles. The molecule has 0 fully saturated rings. The largest absolute Gasteiger partial charge is 0.493 e. The van der Waals surface area contributed by atoms with Gasteiger partial charge < -0.3 is 4.74 Å². The number of nitrogens with one attached hydrogen (secondary N) is 3. The molecule has 2 aromatic rings. The predicted octanol–water partition coefficient (Wildman–Crippen LogP) is 1.30. The average Bonchev–Trinajstić information content (AvgIpc) is 2.34. The highest BCUT2D eigenvalue weighted by molar-refractivity contribution is 6.30. The van der Waals surface area contributed by atoms with E-state index in [1.54, 1.807) is 32.2 Å². The Morgan fingerprint density at radius 2 is 2.28 bits per heavy atom. The SMILES string of the molecule is COc1ccc(Cl)cc1Nc1[nH]c(=O)c(C)n[nH+]1. The summed E-state index contributed by atoms with van der Waals surface area (Å²) in [5.74, 6) is 0.959. The van der Waals surface area contributed by atoms with Crippen LogP contribution in [-0.2, 0) is 0 Å². The van der Waals surface area contributed by atoms with Crippen LogP contribution in [-0.4, -0.2) is 17.2 Å². The van der Waals surface area contributed by atoms with Gasteiger partial charge in [-0.3, -0.25) is 0 Å². The van der Waals surface area contributed by atoms with E-state index in [-0.39, 0.29) is 5.56 Å². The Labute approximate surface area is 108 Å². The standard InChI is InChI=1S/C11H11ClN4O2/c1-6-10(17)14-11(16-15-6)13-8-5-7(12)3-4-9(8)18-2/h3-5H,1-2H3,(H2,13,14,16,17)/p+1. The lowest BCUT2D eigenvalue weighted by Gasteiger charge is -2.06. The van der Waals surface area contributed by atoms with Crippen LogP contribution in [0.3, 0.4) is 0 Å². The van der Waals surface area contributed by atoms with E-state index in [0.29, 0.717) is 28.1 Å². The van der Waals surface area contributed by atoms with Crippen molar-refractivity contribution in [3.05, 3.63) is 39.3 Å². The van der Waals surface area contributed by atoms with E-state index >= 15 is 0 Å². The van der Waals surface area contributed by atoms with Crippen molar-refractivity contribution in [2.45, 2.75) is 6.92 Å².